The van der Waals surface area contributed by atoms with Crippen LogP contribution in [0.5, 0.6) is 0 Å². The minimum Gasteiger partial charge on any atom is -0.313 e. The highest BCUT2D eigenvalue weighted by atomic mass is 35.5. The molecule has 1 aromatic heterocycles. The van der Waals surface area contributed by atoms with Crippen LogP contribution in [0.1, 0.15) is 24.6 Å². The second-order valence-electron chi connectivity index (χ2n) is 4.59. The van der Waals surface area contributed by atoms with E-state index >= 15 is 0 Å². The molecule has 0 bridgehead atoms. The van der Waals surface area contributed by atoms with Crippen LogP contribution in [0.3, 0.4) is 0 Å². The zero-order valence-electron chi connectivity index (χ0n) is 10.2. The Morgan fingerprint density at radius 1 is 1.53 bits per heavy atom. The van der Waals surface area contributed by atoms with Crippen molar-refractivity contribution in [2.75, 3.05) is 18.1 Å². The van der Waals surface area contributed by atoms with Gasteiger partial charge in [0, 0.05) is 10.9 Å². The van der Waals surface area contributed by atoms with Crippen LogP contribution in [0.25, 0.3) is 0 Å². The maximum absolute atomic E-state index is 6.00. The lowest BCUT2D eigenvalue weighted by Gasteiger charge is -2.23. The van der Waals surface area contributed by atoms with Crippen LogP contribution in [0.15, 0.2) is 12.1 Å². The fraction of sp³-hybridized carbons (Fsp3) is 0.692. The van der Waals surface area contributed by atoms with Crippen LogP contribution < -0.4 is 5.32 Å². The third-order valence-corrected chi connectivity index (χ3v) is 5.68. The molecule has 1 saturated heterocycles. The minimum absolute atomic E-state index is 0.639. The van der Waals surface area contributed by atoms with Crippen LogP contribution in [0.4, 0.5) is 0 Å². The minimum atomic E-state index is 0.639. The Balaban J connectivity index is 1.94. The van der Waals surface area contributed by atoms with E-state index in [1.54, 1.807) is 11.3 Å². The van der Waals surface area contributed by atoms with Gasteiger partial charge < -0.3 is 5.32 Å². The first kappa shape index (κ1) is 13.7. The Morgan fingerprint density at radius 2 is 2.41 bits per heavy atom. The summed E-state index contributed by atoms with van der Waals surface area (Å²) in [5, 5.41) is 3.72. The van der Waals surface area contributed by atoms with E-state index in [-0.39, 0.29) is 0 Å². The van der Waals surface area contributed by atoms with E-state index in [1.165, 1.54) is 29.2 Å². The maximum atomic E-state index is 6.00. The topological polar surface area (TPSA) is 12.0 Å². The molecule has 1 N–H and O–H groups in total. The molecule has 17 heavy (non-hydrogen) atoms. The number of hydrogen-bond acceptors (Lipinski definition) is 3. The van der Waals surface area contributed by atoms with Gasteiger partial charge >= 0.3 is 0 Å². The van der Waals surface area contributed by atoms with Gasteiger partial charge in [-0.15, -0.1) is 11.3 Å². The van der Waals surface area contributed by atoms with Gasteiger partial charge in [0.15, 0.2) is 0 Å². The predicted molar refractivity (Wildman–Crippen MR) is 80.5 cm³/mol. The molecule has 0 spiro atoms. The van der Waals surface area contributed by atoms with Gasteiger partial charge in [-0.25, -0.2) is 0 Å². The van der Waals surface area contributed by atoms with Gasteiger partial charge in [0.05, 0.1) is 4.34 Å². The van der Waals surface area contributed by atoms with Crippen LogP contribution in [-0.2, 0) is 6.42 Å². The number of hydrogen-bond donors (Lipinski definition) is 1. The molecule has 96 valence electrons. The van der Waals surface area contributed by atoms with Gasteiger partial charge in [-0.1, -0.05) is 18.5 Å². The number of rotatable bonds is 6. The van der Waals surface area contributed by atoms with Gasteiger partial charge in [-0.05, 0) is 55.4 Å². The van der Waals surface area contributed by atoms with Gasteiger partial charge in [0.1, 0.15) is 0 Å². The van der Waals surface area contributed by atoms with E-state index in [9.17, 15) is 0 Å². The lowest BCUT2D eigenvalue weighted by Crippen LogP contribution is -2.38. The lowest BCUT2D eigenvalue weighted by molar-refractivity contribution is 0.382. The summed E-state index contributed by atoms with van der Waals surface area (Å²) in [5.41, 5.74) is 0. The molecule has 1 nitrogen and oxygen atoms in total. The molecule has 2 rings (SSSR count). The Labute approximate surface area is 117 Å². The molecular weight excluding hydrogens is 270 g/mol. The first-order valence-electron chi connectivity index (χ1n) is 6.35. The fourth-order valence-corrected chi connectivity index (χ4v) is 4.77. The van der Waals surface area contributed by atoms with Crippen molar-refractivity contribution < 1.29 is 0 Å². The summed E-state index contributed by atoms with van der Waals surface area (Å²) < 4.78 is 0.912. The molecule has 2 heterocycles. The Hall–Kier alpha value is 0.300. The third kappa shape index (κ3) is 4.16. The molecular formula is C13H20ClNS2. The highest BCUT2D eigenvalue weighted by Gasteiger charge is 2.25. The molecule has 4 heteroatoms. The summed E-state index contributed by atoms with van der Waals surface area (Å²) in [6.45, 7) is 3.36. The predicted octanol–water partition coefficient (Wildman–Crippen LogP) is 4.07. The SMILES string of the molecule is CCCNC(Cc1ccc(Cl)s1)C1CCSC1. The van der Waals surface area contributed by atoms with Gasteiger partial charge in [-0.3, -0.25) is 0 Å². The van der Waals surface area contributed by atoms with E-state index in [0.29, 0.717) is 6.04 Å². The quantitative estimate of drug-likeness (QED) is 0.847. The molecule has 1 aliphatic heterocycles. The van der Waals surface area contributed by atoms with Crippen molar-refractivity contribution in [3.8, 4) is 0 Å². The number of thioether (sulfide) groups is 1. The number of halogens is 1. The van der Waals surface area contributed by atoms with Gasteiger partial charge in [0.25, 0.3) is 0 Å². The molecule has 2 unspecified atom stereocenters. The zero-order valence-corrected chi connectivity index (χ0v) is 12.6. The Bertz CT molecular complexity index is 334. The highest BCUT2D eigenvalue weighted by Crippen LogP contribution is 2.30. The van der Waals surface area contributed by atoms with Gasteiger partial charge in [0.2, 0.25) is 0 Å². The first-order valence-corrected chi connectivity index (χ1v) is 8.70. The van der Waals surface area contributed by atoms with Crippen molar-refractivity contribution in [2.45, 2.75) is 32.2 Å². The molecule has 0 aromatic carbocycles. The highest BCUT2D eigenvalue weighted by molar-refractivity contribution is 7.99. The summed E-state index contributed by atoms with van der Waals surface area (Å²) in [7, 11) is 0. The van der Waals surface area contributed by atoms with Crippen LogP contribution >= 0.6 is 34.7 Å². The maximum Gasteiger partial charge on any atom is 0.0931 e. The average molecular weight is 290 g/mol. The Kier molecular flexibility index (Phi) is 5.67. The van der Waals surface area contributed by atoms with Crippen molar-refractivity contribution >= 4 is 34.7 Å². The molecule has 1 aromatic rings. The second kappa shape index (κ2) is 7.03. The van der Waals surface area contributed by atoms with Crippen LogP contribution in [0, 0.1) is 5.92 Å². The number of nitrogens with one attached hydrogen (secondary N) is 1. The molecule has 1 fully saturated rings. The summed E-state index contributed by atoms with van der Waals surface area (Å²) >= 11 is 9.83. The lowest BCUT2D eigenvalue weighted by atomic mass is 9.95. The van der Waals surface area contributed by atoms with E-state index in [4.69, 9.17) is 11.6 Å². The molecule has 0 saturated carbocycles. The average Bonchev–Trinajstić information content (AvgIpc) is 2.95. The van der Waals surface area contributed by atoms with E-state index in [2.05, 4.69) is 30.1 Å². The summed E-state index contributed by atoms with van der Waals surface area (Å²) in [6.07, 6.45) is 3.72. The van der Waals surface area contributed by atoms with Crippen molar-refractivity contribution in [1.29, 1.82) is 0 Å². The van der Waals surface area contributed by atoms with Gasteiger partial charge in [-0.2, -0.15) is 11.8 Å². The van der Waals surface area contributed by atoms with Crippen molar-refractivity contribution in [3.05, 3.63) is 21.3 Å². The molecule has 0 amide bonds. The standard InChI is InChI=1S/C13H20ClNS2/c1-2-6-15-12(10-5-7-16-9-10)8-11-3-4-13(14)17-11/h3-4,10,12,15H,2,5-9H2,1H3. The zero-order chi connectivity index (χ0) is 12.1. The van der Waals surface area contributed by atoms with E-state index < -0.39 is 0 Å². The first-order chi connectivity index (χ1) is 8.29. The van der Waals surface area contributed by atoms with E-state index in [1.807, 2.05) is 6.07 Å². The summed E-state index contributed by atoms with van der Waals surface area (Å²) in [4.78, 5) is 1.42. The second-order valence-corrected chi connectivity index (χ2v) is 7.54. The van der Waals surface area contributed by atoms with Crippen molar-refractivity contribution in [3.63, 3.8) is 0 Å². The fourth-order valence-electron chi connectivity index (χ4n) is 2.28. The molecule has 1 aliphatic rings. The van der Waals surface area contributed by atoms with E-state index in [0.717, 1.165) is 23.2 Å². The van der Waals surface area contributed by atoms with Crippen LogP contribution in [0.2, 0.25) is 4.34 Å². The largest absolute Gasteiger partial charge is 0.313 e. The molecule has 0 radical (unpaired) electrons. The molecule has 2 atom stereocenters. The Morgan fingerprint density at radius 3 is 3.00 bits per heavy atom. The van der Waals surface area contributed by atoms with Crippen molar-refractivity contribution in [2.24, 2.45) is 5.92 Å². The summed E-state index contributed by atoms with van der Waals surface area (Å²) in [6, 6.07) is 4.83. The monoisotopic (exact) mass is 289 g/mol. The number of thiophene rings is 1. The van der Waals surface area contributed by atoms with Crippen molar-refractivity contribution in [1.82, 2.24) is 5.32 Å². The van der Waals surface area contributed by atoms with Crippen LogP contribution in [-0.4, -0.2) is 24.1 Å². The smallest absolute Gasteiger partial charge is 0.0931 e. The normalized spacial score (nSPS) is 21.9. The summed E-state index contributed by atoms with van der Waals surface area (Å²) in [5.74, 6) is 3.49. The molecule has 0 aliphatic carbocycles. The third-order valence-electron chi connectivity index (χ3n) is 3.24.